The maximum Gasteiger partial charge on any atom is 0.258 e. The topological polar surface area (TPSA) is 67.4 Å². The van der Waals surface area contributed by atoms with Crippen LogP contribution in [0.4, 0.5) is 14.5 Å². The van der Waals surface area contributed by atoms with E-state index in [0.29, 0.717) is 24.4 Å². The summed E-state index contributed by atoms with van der Waals surface area (Å²) in [6, 6.07) is 16.8. The van der Waals surface area contributed by atoms with Gasteiger partial charge in [0.15, 0.2) is 0 Å². The molecule has 0 bridgehead atoms. The number of benzene rings is 3. The molecule has 31 heavy (non-hydrogen) atoms. The number of halogens is 2. The van der Waals surface area contributed by atoms with Crippen molar-refractivity contribution in [2.75, 3.05) is 11.9 Å². The van der Waals surface area contributed by atoms with Crippen molar-refractivity contribution in [1.82, 2.24) is 5.32 Å². The fraction of sp³-hybridized carbons (Fsp3) is 0.167. The predicted octanol–water partition coefficient (Wildman–Crippen LogP) is 4.08. The monoisotopic (exact) mass is 422 g/mol. The Morgan fingerprint density at radius 3 is 2.55 bits per heavy atom. The standard InChI is InChI=1S/C24H20F2N2O3/c25-18-7-5-15(6-8-18)13-27-23(29)17-11-16-12-19(9-10-22(16)31-14-17)28-24(30)20-3-1-2-4-21(20)26/h1-10,12,17H,11,13-14H2,(H,27,29)(H,28,30)/t17-/m1/s1. The third-order valence-electron chi connectivity index (χ3n) is 5.09. The molecular weight excluding hydrogens is 402 g/mol. The molecule has 1 atom stereocenters. The highest BCUT2D eigenvalue weighted by molar-refractivity contribution is 6.04. The van der Waals surface area contributed by atoms with E-state index in [1.165, 1.54) is 30.3 Å². The molecule has 5 nitrogen and oxygen atoms in total. The molecule has 0 aromatic heterocycles. The summed E-state index contributed by atoms with van der Waals surface area (Å²) in [4.78, 5) is 24.9. The molecule has 0 spiro atoms. The Balaban J connectivity index is 1.40. The molecule has 1 heterocycles. The zero-order valence-electron chi connectivity index (χ0n) is 16.5. The maximum atomic E-state index is 13.8. The van der Waals surface area contributed by atoms with E-state index in [1.54, 1.807) is 36.4 Å². The number of nitrogens with one attached hydrogen (secondary N) is 2. The second-order valence-corrected chi connectivity index (χ2v) is 7.31. The summed E-state index contributed by atoms with van der Waals surface area (Å²) in [5.41, 5.74) is 2.02. The van der Waals surface area contributed by atoms with Crippen molar-refractivity contribution in [3.63, 3.8) is 0 Å². The molecule has 1 aliphatic rings. The number of carbonyl (C=O) groups excluding carboxylic acids is 2. The van der Waals surface area contributed by atoms with Gasteiger partial charge in [-0.3, -0.25) is 9.59 Å². The van der Waals surface area contributed by atoms with Gasteiger partial charge in [-0.05, 0) is 60.0 Å². The Labute approximate surface area is 178 Å². The predicted molar refractivity (Wildman–Crippen MR) is 112 cm³/mol. The lowest BCUT2D eigenvalue weighted by Crippen LogP contribution is -2.37. The molecular formula is C24H20F2N2O3. The first-order chi connectivity index (χ1) is 15.0. The average Bonchev–Trinajstić information content (AvgIpc) is 2.78. The van der Waals surface area contributed by atoms with E-state index in [1.807, 2.05) is 0 Å². The third-order valence-corrected chi connectivity index (χ3v) is 5.09. The lowest BCUT2D eigenvalue weighted by molar-refractivity contribution is -0.126. The first-order valence-electron chi connectivity index (χ1n) is 9.83. The molecule has 2 amide bonds. The van der Waals surface area contributed by atoms with Crippen LogP contribution < -0.4 is 15.4 Å². The summed E-state index contributed by atoms with van der Waals surface area (Å²) in [6.45, 7) is 0.532. The number of fused-ring (bicyclic) bond motifs is 1. The van der Waals surface area contributed by atoms with Crippen molar-refractivity contribution in [1.29, 1.82) is 0 Å². The third kappa shape index (κ3) is 4.88. The molecule has 4 rings (SSSR count). The van der Waals surface area contributed by atoms with Crippen LogP contribution in [0.25, 0.3) is 0 Å². The Morgan fingerprint density at radius 2 is 1.77 bits per heavy atom. The van der Waals surface area contributed by atoms with Gasteiger partial charge in [0.2, 0.25) is 5.91 Å². The number of ether oxygens (including phenoxy) is 1. The van der Waals surface area contributed by atoms with Gasteiger partial charge in [0.1, 0.15) is 24.0 Å². The fourth-order valence-corrected chi connectivity index (χ4v) is 3.42. The number of carbonyl (C=O) groups is 2. The van der Waals surface area contributed by atoms with Gasteiger partial charge < -0.3 is 15.4 Å². The summed E-state index contributed by atoms with van der Waals surface area (Å²) in [5.74, 6) is -1.40. The van der Waals surface area contributed by atoms with Crippen LogP contribution >= 0.6 is 0 Å². The minimum atomic E-state index is -0.598. The van der Waals surface area contributed by atoms with Gasteiger partial charge in [0.25, 0.3) is 5.91 Å². The van der Waals surface area contributed by atoms with Crippen LogP contribution in [0.3, 0.4) is 0 Å². The molecule has 158 valence electrons. The fourth-order valence-electron chi connectivity index (χ4n) is 3.42. The Morgan fingerprint density at radius 1 is 1.00 bits per heavy atom. The highest BCUT2D eigenvalue weighted by Crippen LogP contribution is 2.30. The van der Waals surface area contributed by atoms with E-state index in [9.17, 15) is 18.4 Å². The van der Waals surface area contributed by atoms with Crippen LogP contribution in [-0.2, 0) is 17.8 Å². The summed E-state index contributed by atoms with van der Waals surface area (Å²) >= 11 is 0. The summed E-state index contributed by atoms with van der Waals surface area (Å²) in [7, 11) is 0. The van der Waals surface area contributed by atoms with Gasteiger partial charge in [0, 0.05) is 12.2 Å². The van der Waals surface area contributed by atoms with Gasteiger partial charge in [0.05, 0.1) is 11.5 Å². The van der Waals surface area contributed by atoms with E-state index < -0.39 is 17.6 Å². The molecule has 2 N–H and O–H groups in total. The van der Waals surface area contributed by atoms with Crippen LogP contribution in [-0.4, -0.2) is 18.4 Å². The number of rotatable bonds is 5. The molecule has 0 saturated carbocycles. The normalized spacial score (nSPS) is 14.8. The smallest absolute Gasteiger partial charge is 0.258 e. The molecule has 0 unspecified atom stereocenters. The molecule has 0 fully saturated rings. The minimum absolute atomic E-state index is 0.0467. The lowest BCUT2D eigenvalue weighted by Gasteiger charge is -2.25. The second kappa shape index (κ2) is 8.95. The minimum Gasteiger partial charge on any atom is -0.492 e. The largest absolute Gasteiger partial charge is 0.492 e. The quantitative estimate of drug-likeness (QED) is 0.651. The maximum absolute atomic E-state index is 13.8. The van der Waals surface area contributed by atoms with Gasteiger partial charge in [-0.25, -0.2) is 8.78 Å². The van der Waals surface area contributed by atoms with Crippen molar-refractivity contribution in [3.05, 3.63) is 95.1 Å². The molecule has 0 aliphatic carbocycles. The van der Waals surface area contributed by atoms with Crippen molar-refractivity contribution >= 4 is 17.5 Å². The Bertz CT molecular complexity index is 1120. The number of anilines is 1. The molecule has 0 radical (unpaired) electrons. The van der Waals surface area contributed by atoms with E-state index in [4.69, 9.17) is 4.74 Å². The van der Waals surface area contributed by atoms with Crippen molar-refractivity contribution < 1.29 is 23.1 Å². The van der Waals surface area contributed by atoms with Gasteiger partial charge in [-0.15, -0.1) is 0 Å². The van der Waals surface area contributed by atoms with Crippen LogP contribution in [0.2, 0.25) is 0 Å². The Kier molecular flexibility index (Phi) is 5.93. The molecule has 7 heteroatoms. The number of hydrogen-bond donors (Lipinski definition) is 2. The van der Waals surface area contributed by atoms with Crippen LogP contribution in [0.1, 0.15) is 21.5 Å². The zero-order valence-corrected chi connectivity index (χ0v) is 16.5. The molecule has 3 aromatic carbocycles. The Hall–Kier alpha value is -3.74. The SMILES string of the molecule is O=C(Nc1ccc2c(c1)C[C@@H](C(=O)NCc1ccc(F)cc1)CO2)c1ccccc1F. The summed E-state index contributed by atoms with van der Waals surface area (Å²) in [6.07, 6.45) is 0.438. The van der Waals surface area contributed by atoms with E-state index in [-0.39, 0.29) is 23.9 Å². The van der Waals surface area contributed by atoms with Crippen LogP contribution in [0.15, 0.2) is 66.7 Å². The first kappa shape index (κ1) is 20.5. The van der Waals surface area contributed by atoms with Gasteiger partial charge in [-0.1, -0.05) is 24.3 Å². The number of hydrogen-bond acceptors (Lipinski definition) is 3. The molecule has 3 aromatic rings. The van der Waals surface area contributed by atoms with E-state index in [2.05, 4.69) is 10.6 Å². The molecule has 0 saturated heterocycles. The summed E-state index contributed by atoms with van der Waals surface area (Å²) in [5, 5.41) is 5.52. The van der Waals surface area contributed by atoms with Crippen molar-refractivity contribution in [3.8, 4) is 5.75 Å². The van der Waals surface area contributed by atoms with Crippen molar-refractivity contribution in [2.24, 2.45) is 5.92 Å². The van der Waals surface area contributed by atoms with Crippen molar-refractivity contribution in [2.45, 2.75) is 13.0 Å². The summed E-state index contributed by atoms with van der Waals surface area (Å²) < 4.78 is 32.5. The van der Waals surface area contributed by atoms with E-state index in [0.717, 1.165) is 11.1 Å². The lowest BCUT2D eigenvalue weighted by atomic mass is 9.95. The first-order valence-corrected chi connectivity index (χ1v) is 9.83. The highest BCUT2D eigenvalue weighted by Gasteiger charge is 2.26. The zero-order chi connectivity index (χ0) is 21.8. The molecule has 1 aliphatic heterocycles. The van der Waals surface area contributed by atoms with E-state index >= 15 is 0 Å². The second-order valence-electron chi connectivity index (χ2n) is 7.31. The average molecular weight is 422 g/mol. The number of amides is 2. The van der Waals surface area contributed by atoms with Gasteiger partial charge >= 0.3 is 0 Å². The highest BCUT2D eigenvalue weighted by atomic mass is 19.1. The van der Waals surface area contributed by atoms with Crippen LogP contribution in [0, 0.1) is 17.6 Å². The van der Waals surface area contributed by atoms with Crippen LogP contribution in [0.5, 0.6) is 5.75 Å². The van der Waals surface area contributed by atoms with Gasteiger partial charge in [-0.2, -0.15) is 0 Å².